The number of nitrogens with one attached hydrogen (secondary N) is 1. The van der Waals surface area contributed by atoms with E-state index in [-0.39, 0.29) is 18.4 Å². The molecule has 0 bridgehead atoms. The summed E-state index contributed by atoms with van der Waals surface area (Å²) in [6.45, 7) is 5.80. The number of ether oxygens (including phenoxy) is 1. The Bertz CT molecular complexity index is 1050. The number of carbonyl (C=O) groups excluding carboxylic acids is 1. The van der Waals surface area contributed by atoms with E-state index in [1.165, 1.54) is 11.3 Å². The van der Waals surface area contributed by atoms with Crippen LogP contribution in [0.15, 0.2) is 54.6 Å². The standard InChI is InChI=1S/C24H26N2O4S/c1-15(2)30-20(24(28)29)13-17-8-7-9-18(12-17)14-25-22(27)21-16(3)26-23(31-21)19-10-5-4-6-11-19/h4-12,15,20H,13-14H2,1-3H3,(H,25,27)(H,28,29). The Kier molecular flexibility index (Phi) is 7.55. The molecule has 1 atom stereocenters. The number of thiazole rings is 1. The number of aryl methyl sites for hydroxylation is 1. The number of rotatable bonds is 9. The van der Waals surface area contributed by atoms with Crippen LogP contribution < -0.4 is 5.32 Å². The third-order valence-electron chi connectivity index (χ3n) is 4.60. The summed E-state index contributed by atoms with van der Waals surface area (Å²) < 4.78 is 5.49. The molecule has 162 valence electrons. The highest BCUT2D eigenvalue weighted by Crippen LogP contribution is 2.27. The summed E-state index contributed by atoms with van der Waals surface area (Å²) in [5, 5.41) is 13.1. The predicted octanol–water partition coefficient (Wildman–Crippen LogP) is 4.47. The van der Waals surface area contributed by atoms with Crippen molar-refractivity contribution in [2.75, 3.05) is 0 Å². The molecule has 31 heavy (non-hydrogen) atoms. The van der Waals surface area contributed by atoms with Gasteiger partial charge in [-0.2, -0.15) is 0 Å². The molecule has 0 radical (unpaired) electrons. The zero-order valence-corrected chi connectivity index (χ0v) is 18.6. The van der Waals surface area contributed by atoms with Crippen molar-refractivity contribution < 1.29 is 19.4 Å². The molecule has 0 aliphatic heterocycles. The van der Waals surface area contributed by atoms with Gasteiger partial charge >= 0.3 is 5.97 Å². The van der Waals surface area contributed by atoms with Crippen molar-refractivity contribution >= 4 is 23.2 Å². The average molecular weight is 439 g/mol. The lowest BCUT2D eigenvalue weighted by atomic mass is 10.0. The van der Waals surface area contributed by atoms with Gasteiger partial charge in [-0.25, -0.2) is 9.78 Å². The first-order valence-corrected chi connectivity index (χ1v) is 10.9. The van der Waals surface area contributed by atoms with Gasteiger partial charge in [-0.15, -0.1) is 11.3 Å². The molecule has 0 saturated heterocycles. The van der Waals surface area contributed by atoms with Crippen LogP contribution in [0.1, 0.15) is 40.3 Å². The number of aliphatic carboxylic acids is 1. The number of carboxylic acids is 1. The highest BCUT2D eigenvalue weighted by molar-refractivity contribution is 7.17. The van der Waals surface area contributed by atoms with Crippen molar-refractivity contribution in [2.45, 2.75) is 45.9 Å². The fourth-order valence-corrected chi connectivity index (χ4v) is 4.16. The number of carboxylic acid groups (broad SMARTS) is 1. The summed E-state index contributed by atoms with van der Waals surface area (Å²) >= 11 is 1.37. The highest BCUT2D eigenvalue weighted by atomic mass is 32.1. The van der Waals surface area contributed by atoms with E-state index < -0.39 is 12.1 Å². The molecule has 3 aromatic rings. The van der Waals surface area contributed by atoms with Gasteiger partial charge in [-0.1, -0.05) is 54.6 Å². The van der Waals surface area contributed by atoms with E-state index in [1.807, 2.05) is 75.4 Å². The topological polar surface area (TPSA) is 88.5 Å². The van der Waals surface area contributed by atoms with E-state index in [1.54, 1.807) is 0 Å². The molecular weight excluding hydrogens is 412 g/mol. The van der Waals surface area contributed by atoms with Crippen LogP contribution in [0.25, 0.3) is 10.6 Å². The Morgan fingerprint density at radius 2 is 1.81 bits per heavy atom. The monoisotopic (exact) mass is 438 g/mol. The molecule has 3 rings (SSSR count). The van der Waals surface area contributed by atoms with Crippen molar-refractivity contribution in [3.63, 3.8) is 0 Å². The number of hydrogen-bond donors (Lipinski definition) is 2. The number of benzene rings is 2. The van der Waals surface area contributed by atoms with Gasteiger partial charge in [0, 0.05) is 18.5 Å². The smallest absolute Gasteiger partial charge is 0.333 e. The fourth-order valence-electron chi connectivity index (χ4n) is 3.18. The molecular formula is C24H26N2O4S. The third kappa shape index (κ3) is 6.23. The minimum atomic E-state index is -0.984. The van der Waals surface area contributed by atoms with E-state index in [4.69, 9.17) is 4.74 Å². The average Bonchev–Trinajstić information content (AvgIpc) is 3.14. The number of hydrogen-bond acceptors (Lipinski definition) is 5. The molecule has 0 aliphatic carbocycles. The zero-order valence-electron chi connectivity index (χ0n) is 17.8. The lowest BCUT2D eigenvalue weighted by molar-refractivity contribution is -0.153. The first-order chi connectivity index (χ1) is 14.8. The Labute approximate surface area is 185 Å². The van der Waals surface area contributed by atoms with Crippen LogP contribution in [0.2, 0.25) is 0 Å². The SMILES string of the molecule is Cc1nc(-c2ccccc2)sc1C(=O)NCc1cccc(CC(OC(C)C)C(=O)O)c1. The lowest BCUT2D eigenvalue weighted by Crippen LogP contribution is -2.29. The summed E-state index contributed by atoms with van der Waals surface area (Å²) in [6.07, 6.45) is -0.808. The van der Waals surface area contributed by atoms with Gasteiger partial charge in [0.05, 0.1) is 11.8 Å². The number of aromatic nitrogens is 1. The molecule has 1 aromatic heterocycles. The lowest BCUT2D eigenvalue weighted by Gasteiger charge is -2.17. The number of nitrogens with zero attached hydrogens (tertiary/aromatic N) is 1. The summed E-state index contributed by atoms with van der Waals surface area (Å²) in [6, 6.07) is 17.3. The van der Waals surface area contributed by atoms with Crippen molar-refractivity contribution in [3.8, 4) is 10.6 Å². The second kappa shape index (κ2) is 10.3. The molecule has 0 aliphatic rings. The van der Waals surface area contributed by atoms with E-state index in [2.05, 4.69) is 10.3 Å². The van der Waals surface area contributed by atoms with Gasteiger partial charge in [0.25, 0.3) is 5.91 Å². The van der Waals surface area contributed by atoms with Gasteiger partial charge in [0.15, 0.2) is 6.10 Å². The van der Waals surface area contributed by atoms with Gasteiger partial charge in [0.1, 0.15) is 9.88 Å². The normalized spacial score (nSPS) is 12.0. The third-order valence-corrected chi connectivity index (χ3v) is 5.81. The van der Waals surface area contributed by atoms with Crippen molar-refractivity contribution in [3.05, 3.63) is 76.3 Å². The highest BCUT2D eigenvalue weighted by Gasteiger charge is 2.20. The van der Waals surface area contributed by atoms with Gasteiger partial charge in [0.2, 0.25) is 0 Å². The molecule has 7 heteroatoms. The van der Waals surface area contributed by atoms with Gasteiger partial charge in [-0.05, 0) is 31.9 Å². The molecule has 6 nitrogen and oxygen atoms in total. The van der Waals surface area contributed by atoms with Crippen molar-refractivity contribution in [1.82, 2.24) is 10.3 Å². The van der Waals surface area contributed by atoms with E-state index >= 15 is 0 Å². The Morgan fingerprint density at radius 1 is 1.10 bits per heavy atom. The van der Waals surface area contributed by atoms with Crippen LogP contribution in [0, 0.1) is 6.92 Å². The minimum Gasteiger partial charge on any atom is -0.479 e. The number of amides is 1. The summed E-state index contributed by atoms with van der Waals surface area (Å²) in [5.41, 5.74) is 3.43. The molecule has 0 fully saturated rings. The summed E-state index contributed by atoms with van der Waals surface area (Å²) in [7, 11) is 0. The van der Waals surface area contributed by atoms with Crippen LogP contribution in [0.5, 0.6) is 0 Å². The Balaban J connectivity index is 1.65. The van der Waals surface area contributed by atoms with Crippen molar-refractivity contribution in [1.29, 1.82) is 0 Å². The molecule has 0 saturated carbocycles. The van der Waals surface area contributed by atoms with Crippen LogP contribution in [-0.2, 0) is 22.5 Å². The van der Waals surface area contributed by atoms with Gasteiger partial charge in [-0.3, -0.25) is 4.79 Å². The van der Waals surface area contributed by atoms with Crippen LogP contribution in [-0.4, -0.2) is 34.2 Å². The van der Waals surface area contributed by atoms with Crippen LogP contribution >= 0.6 is 11.3 Å². The fraction of sp³-hybridized carbons (Fsp3) is 0.292. The Hall–Kier alpha value is -3.03. The van der Waals surface area contributed by atoms with E-state index in [9.17, 15) is 14.7 Å². The quantitative estimate of drug-likeness (QED) is 0.515. The second-order valence-electron chi connectivity index (χ2n) is 7.52. The van der Waals surface area contributed by atoms with Crippen molar-refractivity contribution in [2.24, 2.45) is 0 Å². The predicted molar refractivity (Wildman–Crippen MR) is 121 cm³/mol. The molecule has 1 amide bonds. The van der Waals surface area contributed by atoms with Crippen LogP contribution in [0.3, 0.4) is 0 Å². The molecule has 1 unspecified atom stereocenters. The van der Waals surface area contributed by atoms with Crippen LogP contribution in [0.4, 0.5) is 0 Å². The largest absolute Gasteiger partial charge is 0.479 e. The van der Waals surface area contributed by atoms with E-state index in [0.717, 1.165) is 21.7 Å². The minimum absolute atomic E-state index is 0.172. The maximum atomic E-state index is 12.7. The molecule has 0 spiro atoms. The summed E-state index contributed by atoms with van der Waals surface area (Å²) in [4.78, 5) is 29.3. The molecule has 2 aromatic carbocycles. The molecule has 1 heterocycles. The first-order valence-electron chi connectivity index (χ1n) is 10.1. The zero-order chi connectivity index (χ0) is 22.4. The maximum absolute atomic E-state index is 12.7. The molecule has 2 N–H and O–H groups in total. The summed E-state index contributed by atoms with van der Waals surface area (Å²) in [5.74, 6) is -1.16. The number of carbonyl (C=O) groups is 2. The first kappa shape index (κ1) is 22.7. The van der Waals surface area contributed by atoms with Gasteiger partial charge < -0.3 is 15.2 Å². The Morgan fingerprint density at radius 3 is 2.48 bits per heavy atom. The second-order valence-corrected chi connectivity index (χ2v) is 8.52. The maximum Gasteiger partial charge on any atom is 0.333 e. The van der Waals surface area contributed by atoms with E-state index in [0.29, 0.717) is 17.1 Å².